The number of anilines is 1. The van der Waals surface area contributed by atoms with Crippen LogP contribution in [0.5, 0.6) is 5.75 Å². The Hall–Kier alpha value is -2.83. The number of benzene rings is 3. The minimum absolute atomic E-state index is 0.0948. The van der Waals surface area contributed by atoms with Crippen molar-refractivity contribution < 1.29 is 19.7 Å². The molecule has 0 bridgehead atoms. The third kappa shape index (κ3) is 2.52. The van der Waals surface area contributed by atoms with Gasteiger partial charge in [0.15, 0.2) is 0 Å². The van der Waals surface area contributed by atoms with Crippen LogP contribution < -0.4 is 10.1 Å². The molecule has 29 heavy (non-hydrogen) atoms. The lowest BCUT2D eigenvalue weighted by Gasteiger charge is -2.37. The van der Waals surface area contributed by atoms with Crippen LogP contribution in [0.1, 0.15) is 35.6 Å². The molecule has 0 unspecified atom stereocenters. The molecule has 6 heteroatoms. The molecule has 3 aromatic carbocycles. The number of methoxy groups -OCH3 is 1. The van der Waals surface area contributed by atoms with Crippen LogP contribution in [0, 0.1) is 0 Å². The van der Waals surface area contributed by atoms with Gasteiger partial charge in [0.25, 0.3) is 0 Å². The number of hydrogen-bond donors (Lipinski definition) is 3. The van der Waals surface area contributed by atoms with Crippen molar-refractivity contribution in [1.29, 1.82) is 0 Å². The number of amides is 1. The minimum Gasteiger partial charge on any atom is -0.496 e. The van der Waals surface area contributed by atoms with E-state index in [9.17, 15) is 15.0 Å². The summed E-state index contributed by atoms with van der Waals surface area (Å²) < 4.78 is 5.51. The van der Waals surface area contributed by atoms with E-state index in [1.807, 2.05) is 36.2 Å². The number of aliphatic hydroxyl groups is 2. The molecule has 2 heterocycles. The summed E-state index contributed by atoms with van der Waals surface area (Å²) >= 11 is 0. The zero-order valence-corrected chi connectivity index (χ0v) is 16.5. The predicted octanol–water partition coefficient (Wildman–Crippen LogP) is 3.07. The van der Waals surface area contributed by atoms with Gasteiger partial charge < -0.3 is 25.2 Å². The molecule has 2 aliphatic heterocycles. The molecule has 6 nitrogen and oxygen atoms in total. The zero-order chi connectivity index (χ0) is 20.3. The zero-order valence-electron chi connectivity index (χ0n) is 16.5. The van der Waals surface area contributed by atoms with E-state index in [1.54, 1.807) is 7.11 Å². The Labute approximate surface area is 168 Å². The molecule has 0 radical (unpaired) electrons. The summed E-state index contributed by atoms with van der Waals surface area (Å²) in [6.45, 7) is 0.358. The van der Waals surface area contributed by atoms with E-state index < -0.39 is 6.10 Å². The summed E-state index contributed by atoms with van der Waals surface area (Å²) in [5.74, 6) is 0.702. The lowest BCUT2D eigenvalue weighted by atomic mass is 9.83. The van der Waals surface area contributed by atoms with Crippen molar-refractivity contribution in [1.82, 2.24) is 4.90 Å². The fourth-order valence-corrected chi connectivity index (χ4v) is 5.04. The average molecular weight is 392 g/mol. The molecule has 1 saturated heterocycles. The van der Waals surface area contributed by atoms with Gasteiger partial charge in [0, 0.05) is 31.3 Å². The van der Waals surface area contributed by atoms with Crippen molar-refractivity contribution in [2.45, 2.75) is 38.1 Å². The molecule has 0 aliphatic carbocycles. The Morgan fingerprint density at radius 2 is 1.97 bits per heavy atom. The van der Waals surface area contributed by atoms with E-state index in [4.69, 9.17) is 4.74 Å². The van der Waals surface area contributed by atoms with E-state index in [0.29, 0.717) is 30.7 Å². The first-order chi connectivity index (χ1) is 14.1. The number of nitrogens with zero attached hydrogens (tertiary/aromatic N) is 1. The number of hydrogen-bond acceptors (Lipinski definition) is 5. The topological polar surface area (TPSA) is 82.0 Å². The second-order valence-corrected chi connectivity index (χ2v) is 7.84. The second kappa shape index (κ2) is 6.61. The Bertz CT molecular complexity index is 1160. The number of aliphatic hydroxyl groups excluding tert-OH is 2. The number of carbonyl (C=O) groups excluding carboxylic acids is 1. The number of ether oxygens (including phenoxy) is 1. The van der Waals surface area contributed by atoms with Gasteiger partial charge in [0.2, 0.25) is 5.91 Å². The first-order valence-corrected chi connectivity index (χ1v) is 9.92. The molecule has 2 aliphatic rings. The van der Waals surface area contributed by atoms with Crippen LogP contribution in [0.2, 0.25) is 0 Å². The van der Waals surface area contributed by atoms with Crippen LogP contribution in [-0.2, 0) is 17.9 Å². The van der Waals surface area contributed by atoms with Crippen molar-refractivity contribution in [3.05, 3.63) is 47.0 Å². The van der Waals surface area contributed by atoms with Gasteiger partial charge in [-0.15, -0.1) is 0 Å². The van der Waals surface area contributed by atoms with Crippen LogP contribution >= 0.6 is 0 Å². The molecule has 150 valence electrons. The average Bonchev–Trinajstić information content (AvgIpc) is 3.13. The maximum Gasteiger partial charge on any atom is 0.223 e. The normalized spacial score (nSPS) is 20.8. The fourth-order valence-electron chi connectivity index (χ4n) is 5.04. The van der Waals surface area contributed by atoms with E-state index in [1.165, 1.54) is 0 Å². The molecule has 0 saturated carbocycles. The lowest BCUT2D eigenvalue weighted by molar-refractivity contribution is -0.131. The first-order valence-electron chi connectivity index (χ1n) is 9.92. The molecule has 1 fully saturated rings. The van der Waals surface area contributed by atoms with Gasteiger partial charge in [0.05, 0.1) is 19.8 Å². The smallest absolute Gasteiger partial charge is 0.223 e. The maximum absolute atomic E-state index is 12.4. The van der Waals surface area contributed by atoms with E-state index in [0.717, 1.165) is 38.4 Å². The molecule has 1 amide bonds. The third-order valence-electron chi connectivity index (χ3n) is 6.49. The highest BCUT2D eigenvalue weighted by atomic mass is 16.5. The highest BCUT2D eigenvalue weighted by Gasteiger charge is 2.42. The van der Waals surface area contributed by atoms with E-state index in [-0.39, 0.29) is 18.6 Å². The number of fused-ring (bicyclic) bond motifs is 7. The summed E-state index contributed by atoms with van der Waals surface area (Å²) in [6.07, 6.45) is 0.439. The minimum atomic E-state index is -0.721. The molecule has 3 aromatic rings. The molecular weight excluding hydrogens is 368 g/mol. The first kappa shape index (κ1) is 18.2. The van der Waals surface area contributed by atoms with Crippen molar-refractivity contribution in [3.8, 4) is 5.75 Å². The van der Waals surface area contributed by atoms with Gasteiger partial charge in [-0.25, -0.2) is 0 Å². The Balaban J connectivity index is 1.91. The summed E-state index contributed by atoms with van der Waals surface area (Å²) in [5.41, 5.74) is 3.56. The maximum atomic E-state index is 12.4. The van der Waals surface area contributed by atoms with Crippen molar-refractivity contribution in [2.24, 2.45) is 0 Å². The van der Waals surface area contributed by atoms with Gasteiger partial charge in [-0.2, -0.15) is 0 Å². The van der Waals surface area contributed by atoms with Gasteiger partial charge in [-0.3, -0.25) is 4.79 Å². The number of rotatable bonds is 3. The fraction of sp³-hybridized carbons (Fsp3) is 0.348. The SMILES string of the molecule is CNc1ccc2c3c(c4cc(OC)c(CO)cc4c2c1)CN1C(=O)CC[C@H]1[C@H]3O. The summed E-state index contributed by atoms with van der Waals surface area (Å²) in [4.78, 5) is 14.2. The Morgan fingerprint density at radius 3 is 2.69 bits per heavy atom. The van der Waals surface area contributed by atoms with Crippen LogP contribution in [0.3, 0.4) is 0 Å². The highest BCUT2D eigenvalue weighted by Crippen LogP contribution is 2.46. The third-order valence-corrected chi connectivity index (χ3v) is 6.49. The molecule has 0 spiro atoms. The van der Waals surface area contributed by atoms with E-state index >= 15 is 0 Å². The summed E-state index contributed by atoms with van der Waals surface area (Å²) in [7, 11) is 3.46. The largest absolute Gasteiger partial charge is 0.496 e. The van der Waals surface area contributed by atoms with Gasteiger partial charge in [0.1, 0.15) is 11.9 Å². The van der Waals surface area contributed by atoms with Crippen LogP contribution in [0.25, 0.3) is 21.5 Å². The monoisotopic (exact) mass is 392 g/mol. The van der Waals surface area contributed by atoms with Gasteiger partial charge in [-0.1, -0.05) is 6.07 Å². The Kier molecular flexibility index (Phi) is 4.15. The van der Waals surface area contributed by atoms with Crippen LogP contribution in [0.15, 0.2) is 30.3 Å². The lowest BCUT2D eigenvalue weighted by Crippen LogP contribution is -2.41. The van der Waals surface area contributed by atoms with Crippen molar-refractivity contribution in [3.63, 3.8) is 0 Å². The highest BCUT2D eigenvalue weighted by molar-refractivity contribution is 6.12. The van der Waals surface area contributed by atoms with Crippen molar-refractivity contribution in [2.75, 3.05) is 19.5 Å². The summed E-state index contributed by atoms with van der Waals surface area (Å²) in [5, 5.41) is 28.2. The molecule has 2 atom stereocenters. The summed E-state index contributed by atoms with van der Waals surface area (Å²) in [6, 6.07) is 9.84. The van der Waals surface area contributed by atoms with Gasteiger partial charge in [-0.05, 0) is 63.4 Å². The molecule has 3 N–H and O–H groups in total. The standard InChI is InChI=1S/C23H24N2O4/c1-24-13-3-4-14-16(8-13)15-7-12(11-26)20(29-2)9-17(15)18-10-25-19(5-6-21(25)27)23(28)22(14)18/h3-4,7-9,19,23-24,26,28H,5-6,10-11H2,1-2H3/t19-,23+/m0/s1. The quantitative estimate of drug-likeness (QED) is 0.597. The van der Waals surface area contributed by atoms with Crippen LogP contribution in [0.4, 0.5) is 5.69 Å². The van der Waals surface area contributed by atoms with Crippen LogP contribution in [-0.4, -0.2) is 41.2 Å². The molecule has 0 aromatic heterocycles. The second-order valence-electron chi connectivity index (χ2n) is 7.84. The number of nitrogens with one attached hydrogen (secondary N) is 1. The van der Waals surface area contributed by atoms with Gasteiger partial charge >= 0.3 is 0 Å². The molecular formula is C23H24N2O4. The Morgan fingerprint density at radius 1 is 1.17 bits per heavy atom. The number of carbonyl (C=O) groups is 1. The molecule has 5 rings (SSSR count). The predicted molar refractivity (Wildman–Crippen MR) is 112 cm³/mol. The van der Waals surface area contributed by atoms with E-state index in [2.05, 4.69) is 11.4 Å². The van der Waals surface area contributed by atoms with Crippen molar-refractivity contribution >= 4 is 33.1 Å².